The summed E-state index contributed by atoms with van der Waals surface area (Å²) >= 11 is 0. The van der Waals surface area contributed by atoms with E-state index in [4.69, 9.17) is 0 Å². The van der Waals surface area contributed by atoms with Crippen LogP contribution < -0.4 is 10.2 Å². The van der Waals surface area contributed by atoms with Crippen LogP contribution in [0.15, 0.2) is 42.0 Å². The second-order valence-corrected chi connectivity index (χ2v) is 7.07. The quantitative estimate of drug-likeness (QED) is 0.354. The third kappa shape index (κ3) is 4.43. The standard InChI is InChI=1S/C22H22N4O3/c1-15-6-5-7-20(16(15)2)24-22(27)18(14-23)12-17-13-19(26(28)29)8-9-21(17)25-10-3-4-11-25/h5-9,12-13H,3-4,10-11H2,1-2H3,(H,24,27). The Morgan fingerprint density at radius 2 is 1.97 bits per heavy atom. The third-order valence-electron chi connectivity index (χ3n) is 5.19. The summed E-state index contributed by atoms with van der Waals surface area (Å²) in [5.41, 5.74) is 3.69. The molecule has 0 unspecified atom stereocenters. The molecular weight excluding hydrogens is 368 g/mol. The highest BCUT2D eigenvalue weighted by Crippen LogP contribution is 2.30. The predicted octanol–water partition coefficient (Wildman–Crippen LogP) is 4.36. The topological polar surface area (TPSA) is 99.3 Å². The van der Waals surface area contributed by atoms with E-state index in [2.05, 4.69) is 10.2 Å². The van der Waals surface area contributed by atoms with Gasteiger partial charge in [0.2, 0.25) is 0 Å². The van der Waals surface area contributed by atoms with Crippen molar-refractivity contribution in [2.45, 2.75) is 26.7 Å². The van der Waals surface area contributed by atoms with Gasteiger partial charge in [0.05, 0.1) is 4.92 Å². The normalized spacial score (nSPS) is 13.8. The van der Waals surface area contributed by atoms with Crippen LogP contribution in [-0.2, 0) is 4.79 Å². The summed E-state index contributed by atoms with van der Waals surface area (Å²) in [6.45, 7) is 5.52. The third-order valence-corrected chi connectivity index (χ3v) is 5.19. The van der Waals surface area contributed by atoms with Crippen molar-refractivity contribution in [3.05, 3.63) is 68.8 Å². The molecule has 1 fully saturated rings. The number of carbonyl (C=O) groups is 1. The first kappa shape index (κ1) is 20.1. The van der Waals surface area contributed by atoms with E-state index in [1.807, 2.05) is 32.0 Å². The number of benzene rings is 2. The van der Waals surface area contributed by atoms with E-state index in [-0.39, 0.29) is 11.3 Å². The van der Waals surface area contributed by atoms with Crippen molar-refractivity contribution in [1.82, 2.24) is 0 Å². The van der Waals surface area contributed by atoms with Crippen molar-refractivity contribution >= 4 is 29.0 Å². The first-order chi connectivity index (χ1) is 13.9. The molecule has 2 aromatic rings. The lowest BCUT2D eigenvalue weighted by atomic mass is 10.1. The van der Waals surface area contributed by atoms with Gasteiger partial charge in [-0.05, 0) is 56.0 Å². The maximum atomic E-state index is 12.7. The lowest BCUT2D eigenvalue weighted by Gasteiger charge is -2.20. The first-order valence-electron chi connectivity index (χ1n) is 9.43. The Morgan fingerprint density at radius 3 is 2.62 bits per heavy atom. The van der Waals surface area contributed by atoms with Crippen LogP contribution in [0.2, 0.25) is 0 Å². The number of amides is 1. The summed E-state index contributed by atoms with van der Waals surface area (Å²) in [5, 5.41) is 23.6. The first-order valence-corrected chi connectivity index (χ1v) is 9.43. The number of aryl methyl sites for hydroxylation is 1. The number of carbonyl (C=O) groups excluding carboxylic acids is 1. The number of nitrogens with zero attached hydrogens (tertiary/aromatic N) is 3. The molecule has 0 spiro atoms. The molecule has 1 heterocycles. The number of rotatable bonds is 5. The van der Waals surface area contributed by atoms with Gasteiger partial charge in [-0.1, -0.05) is 12.1 Å². The molecule has 29 heavy (non-hydrogen) atoms. The Kier molecular flexibility index (Phi) is 5.93. The average molecular weight is 390 g/mol. The minimum atomic E-state index is -0.542. The predicted molar refractivity (Wildman–Crippen MR) is 113 cm³/mol. The molecule has 7 nitrogen and oxygen atoms in total. The van der Waals surface area contributed by atoms with E-state index in [0.29, 0.717) is 11.3 Å². The fourth-order valence-electron chi connectivity index (χ4n) is 3.40. The molecule has 1 saturated heterocycles. The van der Waals surface area contributed by atoms with Crippen molar-refractivity contribution in [1.29, 1.82) is 5.26 Å². The summed E-state index contributed by atoms with van der Waals surface area (Å²) in [6.07, 6.45) is 3.51. The largest absolute Gasteiger partial charge is 0.371 e. The molecule has 1 aliphatic rings. The Bertz CT molecular complexity index is 1030. The Labute approximate surface area is 169 Å². The van der Waals surface area contributed by atoms with E-state index >= 15 is 0 Å². The molecule has 1 amide bonds. The summed E-state index contributed by atoms with van der Waals surface area (Å²) < 4.78 is 0. The van der Waals surface area contributed by atoms with Crippen LogP contribution in [0.5, 0.6) is 0 Å². The molecule has 0 radical (unpaired) electrons. The highest BCUT2D eigenvalue weighted by molar-refractivity contribution is 6.10. The molecule has 3 rings (SSSR count). The van der Waals surface area contributed by atoms with Crippen LogP contribution in [0.1, 0.15) is 29.5 Å². The number of nitro groups is 1. The zero-order valence-corrected chi connectivity index (χ0v) is 16.4. The molecule has 0 aliphatic carbocycles. The molecule has 1 aliphatic heterocycles. The van der Waals surface area contributed by atoms with Crippen molar-refractivity contribution in [3.8, 4) is 6.07 Å². The van der Waals surface area contributed by atoms with Crippen molar-refractivity contribution in [3.63, 3.8) is 0 Å². The van der Waals surface area contributed by atoms with E-state index in [1.165, 1.54) is 18.2 Å². The van der Waals surface area contributed by atoms with Crippen molar-refractivity contribution in [2.75, 3.05) is 23.3 Å². The molecule has 1 N–H and O–H groups in total. The van der Waals surface area contributed by atoms with Crippen molar-refractivity contribution in [2.24, 2.45) is 0 Å². The minimum Gasteiger partial charge on any atom is -0.371 e. The monoisotopic (exact) mass is 390 g/mol. The Morgan fingerprint density at radius 1 is 1.24 bits per heavy atom. The number of nitriles is 1. The van der Waals surface area contributed by atoms with Crippen LogP contribution in [0, 0.1) is 35.3 Å². The maximum absolute atomic E-state index is 12.7. The van der Waals surface area contributed by atoms with E-state index in [9.17, 15) is 20.2 Å². The summed E-state index contributed by atoms with van der Waals surface area (Å²) in [6, 6.07) is 12.0. The summed E-state index contributed by atoms with van der Waals surface area (Å²) in [4.78, 5) is 25.6. The van der Waals surface area contributed by atoms with Gasteiger partial charge in [-0.15, -0.1) is 0 Å². The molecule has 148 valence electrons. The average Bonchev–Trinajstić information content (AvgIpc) is 3.23. The molecule has 2 aromatic carbocycles. The van der Waals surface area contributed by atoms with Gasteiger partial charge < -0.3 is 10.2 Å². The van der Waals surface area contributed by atoms with Crippen LogP contribution in [0.3, 0.4) is 0 Å². The van der Waals surface area contributed by atoms with Crippen LogP contribution >= 0.6 is 0 Å². The van der Waals surface area contributed by atoms with Gasteiger partial charge in [-0.2, -0.15) is 5.26 Å². The van der Waals surface area contributed by atoms with Gasteiger partial charge in [0.15, 0.2) is 0 Å². The summed E-state index contributed by atoms with van der Waals surface area (Å²) in [7, 11) is 0. The van der Waals surface area contributed by atoms with Crippen LogP contribution in [-0.4, -0.2) is 23.9 Å². The number of hydrogen-bond acceptors (Lipinski definition) is 5. The SMILES string of the molecule is Cc1cccc(NC(=O)C(C#N)=Cc2cc([N+](=O)[O-])ccc2N2CCCC2)c1C. The number of nitrogens with one attached hydrogen (secondary N) is 1. The maximum Gasteiger partial charge on any atom is 0.270 e. The molecule has 0 bridgehead atoms. The fraction of sp³-hybridized carbons (Fsp3) is 0.273. The zero-order chi connectivity index (χ0) is 21.0. The summed E-state index contributed by atoms with van der Waals surface area (Å²) in [5.74, 6) is -0.542. The Hall–Kier alpha value is -3.66. The van der Waals surface area contributed by atoms with Gasteiger partial charge in [0, 0.05) is 42.2 Å². The zero-order valence-electron chi connectivity index (χ0n) is 16.4. The molecular formula is C22H22N4O3. The number of non-ortho nitro benzene ring substituents is 1. The van der Waals surface area contributed by atoms with Crippen molar-refractivity contribution < 1.29 is 9.72 Å². The highest BCUT2D eigenvalue weighted by Gasteiger charge is 2.19. The second kappa shape index (κ2) is 8.57. The van der Waals surface area contributed by atoms with Gasteiger partial charge in [-0.25, -0.2) is 0 Å². The van der Waals surface area contributed by atoms with Gasteiger partial charge in [0.1, 0.15) is 11.6 Å². The number of nitro benzene ring substituents is 1. The van der Waals surface area contributed by atoms with E-state index < -0.39 is 10.8 Å². The fourth-order valence-corrected chi connectivity index (χ4v) is 3.40. The van der Waals surface area contributed by atoms with Gasteiger partial charge in [-0.3, -0.25) is 14.9 Å². The van der Waals surface area contributed by atoms with Gasteiger partial charge >= 0.3 is 0 Å². The molecule has 0 aromatic heterocycles. The minimum absolute atomic E-state index is 0.0774. The van der Waals surface area contributed by atoms with Crippen LogP contribution in [0.25, 0.3) is 6.08 Å². The number of anilines is 2. The molecule has 0 saturated carbocycles. The number of hydrogen-bond donors (Lipinski definition) is 1. The highest BCUT2D eigenvalue weighted by atomic mass is 16.6. The lowest BCUT2D eigenvalue weighted by Crippen LogP contribution is -2.19. The Balaban J connectivity index is 1.98. The van der Waals surface area contributed by atoms with E-state index in [1.54, 1.807) is 12.1 Å². The van der Waals surface area contributed by atoms with Crippen LogP contribution in [0.4, 0.5) is 17.1 Å². The van der Waals surface area contributed by atoms with E-state index in [0.717, 1.165) is 42.7 Å². The van der Waals surface area contributed by atoms with Gasteiger partial charge in [0.25, 0.3) is 11.6 Å². The molecule has 7 heteroatoms. The smallest absolute Gasteiger partial charge is 0.270 e. The second-order valence-electron chi connectivity index (χ2n) is 7.07. The lowest BCUT2D eigenvalue weighted by molar-refractivity contribution is -0.384. The molecule has 0 atom stereocenters.